The molecule has 1 N–H and O–H groups in total. The summed E-state index contributed by atoms with van der Waals surface area (Å²) in [6, 6.07) is 2.51. The highest BCUT2D eigenvalue weighted by atomic mass is 19.1. The van der Waals surface area contributed by atoms with E-state index < -0.39 is 6.04 Å². The molecule has 2 amide bonds. The van der Waals surface area contributed by atoms with Gasteiger partial charge in [0, 0.05) is 18.7 Å². The summed E-state index contributed by atoms with van der Waals surface area (Å²) in [5.74, 6) is -0.154. The van der Waals surface area contributed by atoms with Crippen LogP contribution in [0.5, 0.6) is 0 Å². The van der Waals surface area contributed by atoms with Gasteiger partial charge in [-0.1, -0.05) is 19.8 Å². The lowest BCUT2D eigenvalue weighted by atomic mass is 9.90. The minimum Gasteiger partial charge on any atom is -0.354 e. The van der Waals surface area contributed by atoms with Crippen LogP contribution in [0.25, 0.3) is 0 Å². The van der Waals surface area contributed by atoms with E-state index in [0.717, 1.165) is 43.2 Å². The van der Waals surface area contributed by atoms with E-state index >= 15 is 0 Å². The van der Waals surface area contributed by atoms with Crippen molar-refractivity contribution in [2.75, 3.05) is 6.54 Å². The van der Waals surface area contributed by atoms with E-state index in [1.165, 1.54) is 6.07 Å². The minimum atomic E-state index is -0.446. The summed E-state index contributed by atoms with van der Waals surface area (Å²) < 4.78 is 14.1. The molecule has 3 aliphatic rings. The van der Waals surface area contributed by atoms with Gasteiger partial charge in [0.25, 0.3) is 5.91 Å². The predicted molar refractivity (Wildman–Crippen MR) is 88.1 cm³/mol. The maximum Gasteiger partial charge on any atom is 0.255 e. The van der Waals surface area contributed by atoms with Crippen LogP contribution in [0.3, 0.4) is 0 Å². The van der Waals surface area contributed by atoms with Gasteiger partial charge in [-0.3, -0.25) is 9.59 Å². The number of fused-ring (bicyclic) bond motifs is 1. The Labute approximate surface area is 141 Å². The highest BCUT2D eigenvalue weighted by molar-refractivity contribution is 6.01. The SMILES string of the molecule is CC1CCNC(=O)C1N1Cc2c(cc(F)cc2C2CCCC2)C1=O. The molecule has 1 saturated carbocycles. The van der Waals surface area contributed by atoms with Gasteiger partial charge in [0.15, 0.2) is 0 Å². The summed E-state index contributed by atoms with van der Waals surface area (Å²) in [4.78, 5) is 26.9. The first-order valence-corrected chi connectivity index (χ1v) is 8.97. The molecule has 4 nitrogen and oxygen atoms in total. The number of hydrogen-bond donors (Lipinski definition) is 1. The zero-order valence-corrected chi connectivity index (χ0v) is 14.0. The molecule has 2 heterocycles. The van der Waals surface area contributed by atoms with E-state index in [2.05, 4.69) is 5.32 Å². The Morgan fingerprint density at radius 2 is 1.92 bits per heavy atom. The number of amides is 2. The number of nitrogens with one attached hydrogen (secondary N) is 1. The van der Waals surface area contributed by atoms with Crippen molar-refractivity contribution in [3.8, 4) is 0 Å². The molecular weight excluding hydrogens is 307 g/mol. The summed E-state index contributed by atoms with van der Waals surface area (Å²) in [5, 5.41) is 2.86. The zero-order chi connectivity index (χ0) is 16.8. The third-order valence-electron chi connectivity index (χ3n) is 5.91. The first-order valence-electron chi connectivity index (χ1n) is 8.97. The van der Waals surface area contributed by atoms with Gasteiger partial charge >= 0.3 is 0 Å². The molecule has 0 bridgehead atoms. The molecular formula is C19H23FN2O2. The number of carbonyl (C=O) groups is 2. The normalized spacial score (nSPS) is 27.5. The Hall–Kier alpha value is -1.91. The van der Waals surface area contributed by atoms with E-state index in [0.29, 0.717) is 24.6 Å². The highest BCUT2D eigenvalue weighted by Gasteiger charge is 2.42. The molecule has 24 heavy (non-hydrogen) atoms. The fourth-order valence-corrected chi connectivity index (χ4v) is 4.64. The van der Waals surface area contributed by atoms with Crippen molar-refractivity contribution < 1.29 is 14.0 Å². The Bertz CT molecular complexity index is 697. The number of benzene rings is 1. The molecule has 1 saturated heterocycles. The van der Waals surface area contributed by atoms with Crippen molar-refractivity contribution in [2.24, 2.45) is 5.92 Å². The van der Waals surface area contributed by atoms with Gasteiger partial charge in [0.05, 0.1) is 0 Å². The first-order chi connectivity index (χ1) is 11.6. The Balaban J connectivity index is 1.71. The average molecular weight is 330 g/mol. The van der Waals surface area contributed by atoms with Gasteiger partial charge in [0.1, 0.15) is 11.9 Å². The average Bonchev–Trinajstić information content (AvgIpc) is 3.17. The molecule has 1 aromatic rings. The van der Waals surface area contributed by atoms with Crippen LogP contribution in [-0.4, -0.2) is 29.3 Å². The molecule has 2 atom stereocenters. The molecule has 1 aromatic carbocycles. The van der Waals surface area contributed by atoms with Crippen LogP contribution < -0.4 is 5.32 Å². The van der Waals surface area contributed by atoms with Crippen LogP contribution in [0, 0.1) is 11.7 Å². The molecule has 5 heteroatoms. The van der Waals surface area contributed by atoms with E-state index in [9.17, 15) is 14.0 Å². The number of nitrogens with zero attached hydrogens (tertiary/aromatic N) is 1. The van der Waals surface area contributed by atoms with Crippen LogP contribution >= 0.6 is 0 Å². The Kier molecular flexibility index (Phi) is 3.82. The fraction of sp³-hybridized carbons (Fsp3) is 0.579. The second-order valence-corrected chi connectivity index (χ2v) is 7.44. The van der Waals surface area contributed by atoms with Crippen molar-refractivity contribution in [2.45, 2.75) is 57.5 Å². The topological polar surface area (TPSA) is 49.4 Å². The molecule has 2 aliphatic heterocycles. The second kappa shape index (κ2) is 5.87. The van der Waals surface area contributed by atoms with Crippen molar-refractivity contribution in [3.63, 3.8) is 0 Å². The monoisotopic (exact) mass is 330 g/mol. The number of rotatable bonds is 2. The molecule has 2 fully saturated rings. The van der Waals surface area contributed by atoms with Gasteiger partial charge in [-0.2, -0.15) is 0 Å². The summed E-state index contributed by atoms with van der Waals surface area (Å²) in [7, 11) is 0. The van der Waals surface area contributed by atoms with Gasteiger partial charge in [0.2, 0.25) is 5.91 Å². The van der Waals surface area contributed by atoms with Crippen LogP contribution in [-0.2, 0) is 11.3 Å². The first kappa shape index (κ1) is 15.6. The minimum absolute atomic E-state index is 0.0854. The van der Waals surface area contributed by atoms with Crippen molar-refractivity contribution >= 4 is 11.8 Å². The van der Waals surface area contributed by atoms with Crippen molar-refractivity contribution in [1.82, 2.24) is 10.2 Å². The van der Waals surface area contributed by atoms with Gasteiger partial charge in [-0.05, 0) is 54.4 Å². The maximum atomic E-state index is 14.1. The zero-order valence-electron chi connectivity index (χ0n) is 14.0. The van der Waals surface area contributed by atoms with E-state index in [-0.39, 0.29) is 23.5 Å². The van der Waals surface area contributed by atoms with Gasteiger partial charge in [-0.15, -0.1) is 0 Å². The van der Waals surface area contributed by atoms with E-state index in [1.807, 2.05) is 6.92 Å². The molecule has 0 aromatic heterocycles. The molecule has 0 spiro atoms. The van der Waals surface area contributed by atoms with Crippen molar-refractivity contribution in [1.29, 1.82) is 0 Å². The van der Waals surface area contributed by atoms with E-state index in [1.54, 1.807) is 11.0 Å². The Morgan fingerprint density at radius 3 is 2.62 bits per heavy atom. The van der Waals surface area contributed by atoms with Gasteiger partial charge in [-0.25, -0.2) is 4.39 Å². The van der Waals surface area contributed by atoms with Crippen LogP contribution in [0.1, 0.15) is 66.4 Å². The molecule has 4 rings (SSSR count). The summed E-state index contributed by atoms with van der Waals surface area (Å²) >= 11 is 0. The highest BCUT2D eigenvalue weighted by Crippen LogP contribution is 2.40. The Morgan fingerprint density at radius 1 is 1.17 bits per heavy atom. The number of piperidine rings is 1. The molecule has 0 radical (unpaired) electrons. The maximum absolute atomic E-state index is 14.1. The summed E-state index contributed by atoms with van der Waals surface area (Å²) in [6.45, 7) is 3.11. The fourth-order valence-electron chi connectivity index (χ4n) is 4.64. The number of hydrogen-bond acceptors (Lipinski definition) is 2. The lowest BCUT2D eigenvalue weighted by Gasteiger charge is -2.35. The lowest BCUT2D eigenvalue weighted by Crippen LogP contribution is -2.54. The number of carbonyl (C=O) groups excluding carboxylic acids is 2. The molecule has 1 aliphatic carbocycles. The summed E-state index contributed by atoms with van der Waals surface area (Å²) in [6.07, 6.45) is 5.31. The van der Waals surface area contributed by atoms with Crippen LogP contribution in [0.4, 0.5) is 4.39 Å². The lowest BCUT2D eigenvalue weighted by molar-refractivity contribution is -0.129. The van der Waals surface area contributed by atoms with Crippen LogP contribution in [0.15, 0.2) is 12.1 Å². The predicted octanol–water partition coefficient (Wildman–Crippen LogP) is 2.96. The van der Waals surface area contributed by atoms with E-state index in [4.69, 9.17) is 0 Å². The standard InChI is InChI=1S/C19H23FN2O2/c1-11-6-7-21-18(23)17(11)22-10-16-14(12-4-2-3-5-12)8-13(20)9-15(16)19(22)24/h8-9,11-12,17H,2-7,10H2,1H3,(H,21,23). The third kappa shape index (κ3) is 2.41. The largest absolute Gasteiger partial charge is 0.354 e. The van der Waals surface area contributed by atoms with Gasteiger partial charge < -0.3 is 10.2 Å². The van der Waals surface area contributed by atoms with Crippen molar-refractivity contribution in [3.05, 3.63) is 34.6 Å². The second-order valence-electron chi connectivity index (χ2n) is 7.44. The van der Waals surface area contributed by atoms with Crippen LogP contribution in [0.2, 0.25) is 0 Å². The third-order valence-corrected chi connectivity index (χ3v) is 5.91. The summed E-state index contributed by atoms with van der Waals surface area (Å²) in [5.41, 5.74) is 2.39. The number of halogens is 1. The molecule has 128 valence electrons. The molecule has 2 unspecified atom stereocenters. The quantitative estimate of drug-likeness (QED) is 0.906. The smallest absolute Gasteiger partial charge is 0.255 e.